The molecular weight excluding hydrogens is 184 g/mol. The molecule has 2 fully saturated rings. The fraction of sp³-hybridized carbons (Fsp3) is 0.889. The standard InChI is InChI=1S/C9H14N2O3/c10-3-5-4-11-2-1-6(12)7(11)9(14)8(5)13/h5-9,12-14H,1-2,4H2/t5-,6-,7?,8+,9+/m0/s1. The lowest BCUT2D eigenvalue weighted by Crippen LogP contribution is -2.58. The molecule has 0 aromatic carbocycles. The average Bonchev–Trinajstić information content (AvgIpc) is 2.54. The fourth-order valence-corrected chi connectivity index (χ4v) is 2.44. The molecule has 0 spiro atoms. The highest BCUT2D eigenvalue weighted by Gasteiger charge is 2.48. The minimum atomic E-state index is -1.03. The number of aliphatic hydroxyl groups excluding tert-OH is 3. The molecule has 5 nitrogen and oxygen atoms in total. The van der Waals surface area contributed by atoms with Gasteiger partial charge in [0.1, 0.15) is 0 Å². The van der Waals surface area contributed by atoms with E-state index in [4.69, 9.17) is 5.26 Å². The van der Waals surface area contributed by atoms with E-state index in [2.05, 4.69) is 0 Å². The quantitative estimate of drug-likeness (QED) is 0.431. The smallest absolute Gasteiger partial charge is 0.0992 e. The Morgan fingerprint density at radius 2 is 1.93 bits per heavy atom. The van der Waals surface area contributed by atoms with Crippen LogP contribution >= 0.6 is 0 Å². The van der Waals surface area contributed by atoms with E-state index in [-0.39, 0.29) is 0 Å². The van der Waals surface area contributed by atoms with Gasteiger partial charge in [-0.1, -0.05) is 0 Å². The Balaban J connectivity index is 2.18. The molecule has 0 aliphatic carbocycles. The Morgan fingerprint density at radius 1 is 1.21 bits per heavy atom. The lowest BCUT2D eigenvalue weighted by molar-refractivity contribution is -0.103. The zero-order chi connectivity index (χ0) is 10.3. The minimum absolute atomic E-state index is 0.394. The van der Waals surface area contributed by atoms with E-state index >= 15 is 0 Å². The zero-order valence-corrected chi connectivity index (χ0v) is 7.74. The van der Waals surface area contributed by atoms with Crippen molar-refractivity contribution >= 4 is 0 Å². The predicted octanol–water partition coefficient (Wildman–Crippen LogP) is -1.70. The van der Waals surface area contributed by atoms with Crippen LogP contribution in [-0.2, 0) is 0 Å². The number of hydrogen-bond acceptors (Lipinski definition) is 5. The first-order chi connectivity index (χ1) is 6.65. The van der Waals surface area contributed by atoms with Crippen LogP contribution in [0.4, 0.5) is 0 Å². The summed E-state index contributed by atoms with van der Waals surface area (Å²) in [6.07, 6.45) is -2.02. The second-order valence-electron chi connectivity index (χ2n) is 4.06. The Kier molecular flexibility index (Phi) is 2.45. The maximum atomic E-state index is 9.72. The third-order valence-corrected chi connectivity index (χ3v) is 3.24. The summed E-state index contributed by atoms with van der Waals surface area (Å²) in [4.78, 5) is 1.88. The van der Waals surface area contributed by atoms with E-state index in [0.29, 0.717) is 19.5 Å². The molecule has 2 saturated heterocycles. The minimum Gasteiger partial charge on any atom is -0.391 e. The molecule has 14 heavy (non-hydrogen) atoms. The van der Waals surface area contributed by atoms with Crippen molar-refractivity contribution in [2.45, 2.75) is 30.8 Å². The number of aliphatic hydroxyl groups is 3. The number of nitriles is 1. The van der Waals surface area contributed by atoms with E-state index in [1.165, 1.54) is 0 Å². The third kappa shape index (κ3) is 1.31. The molecule has 0 radical (unpaired) electrons. The summed E-state index contributed by atoms with van der Waals surface area (Å²) < 4.78 is 0. The summed E-state index contributed by atoms with van der Waals surface area (Å²) in [6, 6.07) is 1.58. The summed E-state index contributed by atoms with van der Waals surface area (Å²) in [6.45, 7) is 1.13. The number of hydrogen-bond donors (Lipinski definition) is 3. The van der Waals surface area contributed by atoms with Crippen LogP contribution < -0.4 is 0 Å². The van der Waals surface area contributed by atoms with Crippen molar-refractivity contribution in [3.05, 3.63) is 0 Å². The number of rotatable bonds is 0. The predicted molar refractivity (Wildman–Crippen MR) is 47.1 cm³/mol. The first-order valence-electron chi connectivity index (χ1n) is 4.83. The van der Waals surface area contributed by atoms with Gasteiger partial charge in [-0.15, -0.1) is 0 Å². The van der Waals surface area contributed by atoms with E-state index in [0.717, 1.165) is 0 Å². The molecular formula is C9H14N2O3. The molecule has 78 valence electrons. The molecule has 2 rings (SSSR count). The second-order valence-corrected chi connectivity index (χ2v) is 4.06. The van der Waals surface area contributed by atoms with Crippen molar-refractivity contribution < 1.29 is 15.3 Å². The number of nitrogens with zero attached hydrogens (tertiary/aromatic N) is 2. The van der Waals surface area contributed by atoms with Crippen LogP contribution in [0.5, 0.6) is 0 Å². The maximum Gasteiger partial charge on any atom is 0.0992 e. The maximum absolute atomic E-state index is 9.72. The molecule has 0 saturated carbocycles. The van der Waals surface area contributed by atoms with Gasteiger partial charge in [0.15, 0.2) is 0 Å². The van der Waals surface area contributed by atoms with Crippen LogP contribution in [0, 0.1) is 17.2 Å². The summed E-state index contributed by atoms with van der Waals surface area (Å²) >= 11 is 0. The van der Waals surface area contributed by atoms with E-state index < -0.39 is 30.3 Å². The molecule has 0 aromatic rings. The fourth-order valence-electron chi connectivity index (χ4n) is 2.44. The number of piperidine rings is 1. The van der Waals surface area contributed by atoms with Gasteiger partial charge in [-0.3, -0.25) is 4.90 Å². The van der Waals surface area contributed by atoms with Crippen LogP contribution in [0.2, 0.25) is 0 Å². The molecule has 1 unspecified atom stereocenters. The Bertz CT molecular complexity index is 265. The molecule has 0 bridgehead atoms. The Morgan fingerprint density at radius 3 is 2.57 bits per heavy atom. The van der Waals surface area contributed by atoms with Gasteiger partial charge in [-0.05, 0) is 6.42 Å². The van der Waals surface area contributed by atoms with Gasteiger partial charge in [0, 0.05) is 13.1 Å². The summed E-state index contributed by atoms with van der Waals surface area (Å²) in [5.41, 5.74) is 0. The highest BCUT2D eigenvalue weighted by Crippen LogP contribution is 2.30. The monoisotopic (exact) mass is 198 g/mol. The summed E-state index contributed by atoms with van der Waals surface area (Å²) in [7, 11) is 0. The molecule has 5 atom stereocenters. The van der Waals surface area contributed by atoms with E-state index in [1.807, 2.05) is 11.0 Å². The highest BCUT2D eigenvalue weighted by atomic mass is 16.3. The first-order valence-corrected chi connectivity index (χ1v) is 4.83. The zero-order valence-electron chi connectivity index (χ0n) is 7.74. The molecule has 2 heterocycles. The lowest BCUT2D eigenvalue weighted by atomic mass is 9.88. The molecule has 5 heteroatoms. The molecule has 3 N–H and O–H groups in total. The van der Waals surface area contributed by atoms with E-state index in [9.17, 15) is 15.3 Å². The van der Waals surface area contributed by atoms with Crippen LogP contribution in [-0.4, -0.2) is 57.7 Å². The van der Waals surface area contributed by atoms with Crippen molar-refractivity contribution in [3.63, 3.8) is 0 Å². The Labute approximate surface area is 82.2 Å². The Hall–Kier alpha value is -0.670. The van der Waals surface area contributed by atoms with Gasteiger partial charge >= 0.3 is 0 Å². The summed E-state index contributed by atoms with van der Waals surface area (Å²) in [5, 5.41) is 37.6. The molecule has 2 aliphatic heterocycles. The second kappa shape index (κ2) is 3.48. The van der Waals surface area contributed by atoms with Gasteiger partial charge in [0.2, 0.25) is 0 Å². The normalized spacial score (nSPS) is 48.6. The lowest BCUT2D eigenvalue weighted by Gasteiger charge is -2.40. The van der Waals surface area contributed by atoms with Gasteiger partial charge in [0.05, 0.1) is 36.3 Å². The highest BCUT2D eigenvalue weighted by molar-refractivity contribution is 5.06. The average molecular weight is 198 g/mol. The van der Waals surface area contributed by atoms with Crippen molar-refractivity contribution in [2.24, 2.45) is 5.92 Å². The van der Waals surface area contributed by atoms with Crippen LogP contribution in [0.1, 0.15) is 6.42 Å². The molecule has 2 aliphatic rings. The van der Waals surface area contributed by atoms with Crippen LogP contribution in [0.3, 0.4) is 0 Å². The van der Waals surface area contributed by atoms with Crippen LogP contribution in [0.15, 0.2) is 0 Å². The summed E-state index contributed by atoms with van der Waals surface area (Å²) in [5.74, 6) is -0.549. The number of fused-ring (bicyclic) bond motifs is 1. The topological polar surface area (TPSA) is 87.7 Å². The molecule has 0 aromatic heterocycles. The van der Waals surface area contributed by atoms with E-state index in [1.54, 1.807) is 0 Å². The largest absolute Gasteiger partial charge is 0.391 e. The van der Waals surface area contributed by atoms with Crippen molar-refractivity contribution in [3.8, 4) is 6.07 Å². The van der Waals surface area contributed by atoms with Gasteiger partial charge < -0.3 is 15.3 Å². The van der Waals surface area contributed by atoms with Crippen molar-refractivity contribution in [2.75, 3.05) is 13.1 Å². The third-order valence-electron chi connectivity index (χ3n) is 3.24. The van der Waals surface area contributed by atoms with Gasteiger partial charge in [-0.2, -0.15) is 5.26 Å². The SMILES string of the molecule is N#C[C@H]1CN2CC[C@H](O)C2[C@@H](O)[C@@H]1O. The molecule has 0 amide bonds. The first kappa shape index (κ1) is 9.87. The van der Waals surface area contributed by atoms with Gasteiger partial charge in [0.25, 0.3) is 0 Å². The van der Waals surface area contributed by atoms with Crippen LogP contribution in [0.25, 0.3) is 0 Å². The van der Waals surface area contributed by atoms with Gasteiger partial charge in [-0.25, -0.2) is 0 Å². The van der Waals surface area contributed by atoms with Crippen molar-refractivity contribution in [1.82, 2.24) is 4.90 Å². The van der Waals surface area contributed by atoms with Crippen molar-refractivity contribution in [1.29, 1.82) is 5.26 Å².